The third-order valence-corrected chi connectivity index (χ3v) is 4.14. The van der Waals surface area contributed by atoms with E-state index in [4.69, 9.17) is 14.2 Å². The topological polar surface area (TPSA) is 65.0 Å². The van der Waals surface area contributed by atoms with Gasteiger partial charge in [0, 0.05) is 12.3 Å². The van der Waals surface area contributed by atoms with Crippen LogP contribution < -0.4 is 0 Å². The smallest absolute Gasteiger partial charge is 0.308 e. The number of carbonyl (C=O) groups is 1. The van der Waals surface area contributed by atoms with Gasteiger partial charge in [-0.05, 0) is 5.56 Å². The van der Waals surface area contributed by atoms with Gasteiger partial charge in [0.05, 0.1) is 45.1 Å². The lowest BCUT2D eigenvalue weighted by Gasteiger charge is -2.39. The van der Waals surface area contributed by atoms with Crippen LogP contribution in [-0.2, 0) is 25.6 Å². The minimum atomic E-state index is -0.308. The first kappa shape index (κ1) is 16.9. The average Bonchev–Trinajstić information content (AvgIpc) is 2.56. The molecule has 5 nitrogen and oxygen atoms in total. The van der Waals surface area contributed by atoms with Crippen molar-refractivity contribution in [3.8, 4) is 0 Å². The third-order valence-electron chi connectivity index (χ3n) is 4.14. The Bertz CT molecular complexity index is 461. The summed E-state index contributed by atoms with van der Waals surface area (Å²) >= 11 is 0. The molecule has 5 heteroatoms. The maximum atomic E-state index is 11.5. The summed E-state index contributed by atoms with van der Waals surface area (Å²) in [5.74, 6) is -0.247. The van der Waals surface area contributed by atoms with Crippen LogP contribution in [0.3, 0.4) is 0 Å². The molecule has 0 saturated carbocycles. The van der Waals surface area contributed by atoms with Gasteiger partial charge >= 0.3 is 5.97 Å². The van der Waals surface area contributed by atoms with Gasteiger partial charge in [-0.1, -0.05) is 37.3 Å². The summed E-state index contributed by atoms with van der Waals surface area (Å²) in [6.45, 7) is 2.45. The molecule has 122 valence electrons. The Balaban J connectivity index is 1.97. The molecule has 1 aliphatic rings. The predicted octanol–water partition coefficient (Wildman–Crippen LogP) is 1.92. The first-order chi connectivity index (χ1) is 10.6. The van der Waals surface area contributed by atoms with Gasteiger partial charge in [0.1, 0.15) is 0 Å². The zero-order valence-electron chi connectivity index (χ0n) is 13.1. The minimum Gasteiger partial charge on any atom is -0.469 e. The van der Waals surface area contributed by atoms with Crippen LogP contribution in [0.4, 0.5) is 0 Å². The van der Waals surface area contributed by atoms with Crippen molar-refractivity contribution in [1.29, 1.82) is 0 Å². The van der Waals surface area contributed by atoms with E-state index < -0.39 is 0 Å². The lowest BCUT2D eigenvalue weighted by Crippen LogP contribution is -2.46. The van der Waals surface area contributed by atoms with E-state index in [1.165, 1.54) is 7.11 Å². The van der Waals surface area contributed by atoms with Crippen molar-refractivity contribution in [2.45, 2.75) is 44.7 Å². The number of aliphatic hydroxyl groups excluding tert-OH is 1. The van der Waals surface area contributed by atoms with E-state index in [1.807, 2.05) is 37.3 Å². The number of rotatable bonds is 6. The van der Waals surface area contributed by atoms with Crippen LogP contribution in [0.2, 0.25) is 0 Å². The SMILES string of the molecule is COC(=O)C[C@H]1O[C@@H](CO)C[C@@H](OCc2ccccc2)[C@@H]1C. The van der Waals surface area contributed by atoms with Gasteiger partial charge < -0.3 is 19.3 Å². The van der Waals surface area contributed by atoms with Gasteiger partial charge in [0.2, 0.25) is 0 Å². The molecule has 22 heavy (non-hydrogen) atoms. The summed E-state index contributed by atoms with van der Waals surface area (Å²) in [7, 11) is 1.36. The van der Waals surface area contributed by atoms with Gasteiger partial charge in [0.25, 0.3) is 0 Å². The molecular weight excluding hydrogens is 284 g/mol. The highest BCUT2D eigenvalue weighted by molar-refractivity contribution is 5.69. The number of hydrogen-bond donors (Lipinski definition) is 1. The molecule has 1 saturated heterocycles. The monoisotopic (exact) mass is 308 g/mol. The van der Waals surface area contributed by atoms with Crippen molar-refractivity contribution < 1.29 is 24.1 Å². The van der Waals surface area contributed by atoms with Crippen LogP contribution in [0.5, 0.6) is 0 Å². The van der Waals surface area contributed by atoms with Crippen LogP contribution in [0, 0.1) is 5.92 Å². The summed E-state index contributed by atoms with van der Waals surface area (Å²) in [4.78, 5) is 11.5. The Morgan fingerprint density at radius 3 is 2.73 bits per heavy atom. The second-order valence-electron chi connectivity index (χ2n) is 5.69. The zero-order chi connectivity index (χ0) is 15.9. The Kier molecular flexibility index (Phi) is 6.36. The fourth-order valence-corrected chi connectivity index (χ4v) is 2.74. The van der Waals surface area contributed by atoms with E-state index in [9.17, 15) is 9.90 Å². The zero-order valence-corrected chi connectivity index (χ0v) is 13.1. The predicted molar refractivity (Wildman–Crippen MR) is 81.2 cm³/mol. The van der Waals surface area contributed by atoms with E-state index in [-0.39, 0.29) is 43.2 Å². The number of benzene rings is 1. The molecule has 1 N–H and O–H groups in total. The van der Waals surface area contributed by atoms with Gasteiger partial charge in [0.15, 0.2) is 0 Å². The molecule has 1 aromatic rings. The molecule has 1 aromatic carbocycles. The summed E-state index contributed by atoms with van der Waals surface area (Å²) in [5.41, 5.74) is 1.10. The molecule has 1 aliphatic heterocycles. The van der Waals surface area contributed by atoms with Crippen molar-refractivity contribution in [2.24, 2.45) is 5.92 Å². The van der Waals surface area contributed by atoms with E-state index >= 15 is 0 Å². The third kappa shape index (κ3) is 4.53. The van der Waals surface area contributed by atoms with Crippen LogP contribution in [0.15, 0.2) is 30.3 Å². The quantitative estimate of drug-likeness (QED) is 0.813. The number of methoxy groups -OCH3 is 1. The average molecular weight is 308 g/mol. The van der Waals surface area contributed by atoms with Gasteiger partial charge in [-0.3, -0.25) is 4.79 Å². The van der Waals surface area contributed by atoms with Gasteiger partial charge in [-0.25, -0.2) is 0 Å². The van der Waals surface area contributed by atoms with Crippen molar-refractivity contribution >= 4 is 5.97 Å². The number of aliphatic hydroxyl groups is 1. The van der Waals surface area contributed by atoms with E-state index in [2.05, 4.69) is 0 Å². The Hall–Kier alpha value is -1.43. The van der Waals surface area contributed by atoms with Crippen LogP contribution in [-0.4, -0.2) is 43.1 Å². The van der Waals surface area contributed by atoms with Crippen molar-refractivity contribution in [3.63, 3.8) is 0 Å². The first-order valence-electron chi connectivity index (χ1n) is 7.62. The summed E-state index contributed by atoms with van der Waals surface area (Å²) < 4.78 is 16.5. The summed E-state index contributed by atoms with van der Waals surface area (Å²) in [5, 5.41) is 9.39. The highest BCUT2D eigenvalue weighted by atomic mass is 16.5. The van der Waals surface area contributed by atoms with Gasteiger partial charge in [-0.2, -0.15) is 0 Å². The number of hydrogen-bond acceptors (Lipinski definition) is 5. The molecule has 0 spiro atoms. The van der Waals surface area contributed by atoms with Crippen LogP contribution >= 0.6 is 0 Å². The standard InChI is InChI=1S/C17H24O5/c1-12-15(21-11-13-6-4-3-5-7-13)8-14(10-18)22-16(12)9-17(19)20-2/h3-7,12,14-16,18H,8-11H2,1-2H3/t12-,14+,15+,16+/m0/s1. The molecule has 1 heterocycles. The lowest BCUT2D eigenvalue weighted by molar-refractivity contribution is -0.174. The Morgan fingerprint density at radius 1 is 1.36 bits per heavy atom. The van der Waals surface area contributed by atoms with E-state index in [1.54, 1.807) is 0 Å². The molecule has 0 aliphatic carbocycles. The normalized spacial score (nSPS) is 28.3. The van der Waals surface area contributed by atoms with Crippen LogP contribution in [0.1, 0.15) is 25.3 Å². The minimum absolute atomic E-state index is 0.0548. The summed E-state index contributed by atoms with van der Waals surface area (Å²) in [6.07, 6.45) is 0.160. The maximum absolute atomic E-state index is 11.5. The molecule has 2 rings (SSSR count). The molecule has 1 fully saturated rings. The Labute approximate surface area is 131 Å². The first-order valence-corrected chi connectivity index (χ1v) is 7.62. The van der Waals surface area contributed by atoms with Crippen molar-refractivity contribution in [3.05, 3.63) is 35.9 Å². The largest absolute Gasteiger partial charge is 0.469 e. The second-order valence-corrected chi connectivity index (χ2v) is 5.69. The van der Waals surface area contributed by atoms with Crippen LogP contribution in [0.25, 0.3) is 0 Å². The lowest BCUT2D eigenvalue weighted by atomic mass is 9.88. The highest BCUT2D eigenvalue weighted by Crippen LogP contribution is 2.30. The van der Waals surface area contributed by atoms with E-state index in [0.717, 1.165) is 5.56 Å². The molecule has 0 amide bonds. The second kappa shape index (κ2) is 8.27. The molecule has 0 aromatic heterocycles. The fraction of sp³-hybridized carbons (Fsp3) is 0.588. The van der Waals surface area contributed by atoms with E-state index in [0.29, 0.717) is 13.0 Å². The fourth-order valence-electron chi connectivity index (χ4n) is 2.74. The summed E-state index contributed by atoms with van der Waals surface area (Å²) in [6, 6.07) is 9.94. The molecule has 0 radical (unpaired) electrons. The molecule has 4 atom stereocenters. The Morgan fingerprint density at radius 2 is 2.09 bits per heavy atom. The van der Waals surface area contributed by atoms with Crippen molar-refractivity contribution in [2.75, 3.05) is 13.7 Å². The van der Waals surface area contributed by atoms with Crippen molar-refractivity contribution in [1.82, 2.24) is 0 Å². The molecule has 0 bridgehead atoms. The number of carbonyl (C=O) groups excluding carboxylic acids is 1. The molecule has 0 unspecified atom stereocenters. The highest BCUT2D eigenvalue weighted by Gasteiger charge is 2.37. The molecular formula is C17H24O5. The van der Waals surface area contributed by atoms with Gasteiger partial charge in [-0.15, -0.1) is 0 Å². The number of ether oxygens (including phenoxy) is 3. The maximum Gasteiger partial charge on any atom is 0.308 e. The number of esters is 1.